The van der Waals surface area contributed by atoms with E-state index in [9.17, 15) is 15.0 Å². The Labute approximate surface area is 112 Å². The SMILES string of the molecule is N#C[C@@H]1[C@H](O)[C@@H](n2cnc3c(=O)[nH]cnc32)O[C@H]1CO. The summed E-state index contributed by atoms with van der Waals surface area (Å²) in [4.78, 5) is 21.9. The van der Waals surface area contributed by atoms with Gasteiger partial charge >= 0.3 is 0 Å². The van der Waals surface area contributed by atoms with E-state index >= 15 is 0 Å². The first-order chi connectivity index (χ1) is 9.67. The van der Waals surface area contributed by atoms with Crippen molar-refractivity contribution in [3.05, 3.63) is 23.0 Å². The van der Waals surface area contributed by atoms with Crippen molar-refractivity contribution in [2.75, 3.05) is 6.61 Å². The smallest absolute Gasteiger partial charge is 0.278 e. The predicted molar refractivity (Wildman–Crippen MR) is 64.3 cm³/mol. The van der Waals surface area contributed by atoms with Crippen molar-refractivity contribution in [2.45, 2.75) is 18.4 Å². The van der Waals surface area contributed by atoms with Crippen LogP contribution in [-0.2, 0) is 4.74 Å². The van der Waals surface area contributed by atoms with Crippen LogP contribution in [0.5, 0.6) is 0 Å². The molecule has 2 aromatic heterocycles. The molecule has 3 N–H and O–H groups in total. The first-order valence-electron chi connectivity index (χ1n) is 5.91. The highest BCUT2D eigenvalue weighted by Crippen LogP contribution is 2.34. The van der Waals surface area contributed by atoms with Gasteiger partial charge in [-0.25, -0.2) is 9.97 Å². The van der Waals surface area contributed by atoms with Crippen molar-refractivity contribution in [1.29, 1.82) is 5.26 Å². The molecule has 0 radical (unpaired) electrons. The third kappa shape index (κ3) is 1.70. The molecule has 0 spiro atoms. The number of nitrogens with zero attached hydrogens (tertiary/aromatic N) is 4. The molecule has 4 atom stereocenters. The molecule has 1 fully saturated rings. The number of hydrogen-bond donors (Lipinski definition) is 3. The first-order valence-corrected chi connectivity index (χ1v) is 5.91. The Hall–Kier alpha value is -2.28. The van der Waals surface area contributed by atoms with Crippen LogP contribution in [0, 0.1) is 17.2 Å². The summed E-state index contributed by atoms with van der Waals surface area (Å²) < 4.78 is 6.85. The van der Waals surface area contributed by atoms with E-state index in [-0.39, 0.29) is 17.8 Å². The highest BCUT2D eigenvalue weighted by Gasteiger charge is 2.45. The second kappa shape index (κ2) is 4.68. The molecule has 3 rings (SSSR count). The van der Waals surface area contributed by atoms with Crippen molar-refractivity contribution in [2.24, 2.45) is 5.92 Å². The lowest BCUT2D eigenvalue weighted by atomic mass is 10.0. The number of aliphatic hydroxyl groups is 2. The van der Waals surface area contributed by atoms with E-state index in [2.05, 4.69) is 15.0 Å². The monoisotopic (exact) mass is 277 g/mol. The molecule has 0 amide bonds. The molecule has 0 aliphatic carbocycles. The van der Waals surface area contributed by atoms with Gasteiger partial charge in [0.05, 0.1) is 25.3 Å². The highest BCUT2D eigenvalue weighted by atomic mass is 16.5. The van der Waals surface area contributed by atoms with Crippen LogP contribution in [0.25, 0.3) is 11.2 Å². The topological polar surface area (TPSA) is 137 Å². The van der Waals surface area contributed by atoms with Gasteiger partial charge in [-0.3, -0.25) is 9.36 Å². The van der Waals surface area contributed by atoms with Gasteiger partial charge in [0, 0.05) is 0 Å². The van der Waals surface area contributed by atoms with Gasteiger partial charge in [-0.1, -0.05) is 0 Å². The number of imidazole rings is 1. The molecule has 0 aromatic carbocycles. The molecule has 0 saturated carbocycles. The number of aliphatic hydroxyl groups excluding tert-OH is 2. The molecule has 0 unspecified atom stereocenters. The molecule has 3 heterocycles. The average molecular weight is 277 g/mol. The molecule has 2 aromatic rings. The zero-order valence-electron chi connectivity index (χ0n) is 10.2. The second-order valence-corrected chi connectivity index (χ2v) is 4.45. The van der Waals surface area contributed by atoms with Crippen LogP contribution < -0.4 is 5.56 Å². The fraction of sp³-hybridized carbons (Fsp3) is 0.455. The van der Waals surface area contributed by atoms with Crippen molar-refractivity contribution in [1.82, 2.24) is 19.5 Å². The van der Waals surface area contributed by atoms with E-state index in [1.165, 1.54) is 17.2 Å². The lowest BCUT2D eigenvalue weighted by Crippen LogP contribution is -2.26. The van der Waals surface area contributed by atoms with Gasteiger partial charge in [-0.05, 0) is 0 Å². The normalized spacial score (nSPS) is 29.6. The maximum absolute atomic E-state index is 11.6. The quantitative estimate of drug-likeness (QED) is 0.608. The van der Waals surface area contributed by atoms with Crippen molar-refractivity contribution in [3.8, 4) is 6.07 Å². The average Bonchev–Trinajstić information content (AvgIpc) is 3.00. The molecular formula is C11H11N5O4. The Morgan fingerprint density at radius 2 is 2.35 bits per heavy atom. The molecule has 9 nitrogen and oxygen atoms in total. The number of fused-ring (bicyclic) bond motifs is 1. The molecule has 0 bridgehead atoms. The fourth-order valence-electron chi connectivity index (χ4n) is 2.34. The Kier molecular flexibility index (Phi) is 2.98. The van der Waals surface area contributed by atoms with Gasteiger partial charge < -0.3 is 19.9 Å². The van der Waals surface area contributed by atoms with E-state index in [4.69, 9.17) is 10.00 Å². The van der Waals surface area contributed by atoms with Crippen LogP contribution in [-0.4, -0.2) is 48.5 Å². The zero-order valence-corrected chi connectivity index (χ0v) is 10.2. The number of rotatable bonds is 2. The molecule has 1 saturated heterocycles. The number of hydrogen-bond acceptors (Lipinski definition) is 7. The largest absolute Gasteiger partial charge is 0.394 e. The molecule has 9 heteroatoms. The second-order valence-electron chi connectivity index (χ2n) is 4.45. The van der Waals surface area contributed by atoms with Gasteiger partial charge in [0.15, 0.2) is 17.4 Å². The minimum Gasteiger partial charge on any atom is -0.394 e. The lowest BCUT2D eigenvalue weighted by molar-refractivity contribution is -0.0489. The van der Waals surface area contributed by atoms with Crippen LogP contribution in [0.1, 0.15) is 6.23 Å². The summed E-state index contributed by atoms with van der Waals surface area (Å²) in [6, 6.07) is 1.91. The van der Waals surface area contributed by atoms with Gasteiger partial charge in [-0.2, -0.15) is 5.26 Å². The summed E-state index contributed by atoms with van der Waals surface area (Å²) in [5.41, 5.74) is -0.0471. The Morgan fingerprint density at radius 1 is 1.55 bits per heavy atom. The number of nitriles is 1. The van der Waals surface area contributed by atoms with Crippen LogP contribution in [0.15, 0.2) is 17.4 Å². The van der Waals surface area contributed by atoms with Crippen molar-refractivity contribution < 1.29 is 14.9 Å². The zero-order chi connectivity index (χ0) is 14.3. The summed E-state index contributed by atoms with van der Waals surface area (Å²) in [7, 11) is 0. The standard InChI is InChI=1S/C11H11N5O4/c12-1-5-6(2-17)20-11(8(5)18)16-4-15-7-9(16)13-3-14-10(7)19/h3-6,8,11,17-18H,2H2,(H,13,14,19)/t5-,6-,8-,11-/m0/s1. The molecular weight excluding hydrogens is 266 g/mol. The van der Waals surface area contributed by atoms with Crippen LogP contribution in [0.3, 0.4) is 0 Å². The summed E-state index contributed by atoms with van der Waals surface area (Å²) in [5.74, 6) is -0.857. The summed E-state index contributed by atoms with van der Waals surface area (Å²) in [6.45, 7) is -0.383. The number of ether oxygens (including phenoxy) is 1. The third-order valence-corrected chi connectivity index (χ3v) is 3.34. The number of H-pyrrole nitrogens is 1. The van der Waals surface area contributed by atoms with Crippen molar-refractivity contribution >= 4 is 11.2 Å². The highest BCUT2D eigenvalue weighted by molar-refractivity contribution is 5.68. The van der Waals surface area contributed by atoms with Crippen molar-refractivity contribution in [3.63, 3.8) is 0 Å². The third-order valence-electron chi connectivity index (χ3n) is 3.34. The Morgan fingerprint density at radius 3 is 3.00 bits per heavy atom. The minimum absolute atomic E-state index is 0.115. The molecule has 104 valence electrons. The fourth-order valence-corrected chi connectivity index (χ4v) is 2.34. The minimum atomic E-state index is -1.14. The maximum Gasteiger partial charge on any atom is 0.278 e. The predicted octanol–water partition coefficient (Wildman–Crippen LogP) is -1.49. The summed E-state index contributed by atoms with van der Waals surface area (Å²) in [5, 5.41) is 28.3. The van der Waals surface area contributed by atoms with Gasteiger partial charge in [-0.15, -0.1) is 0 Å². The maximum atomic E-state index is 11.6. The van der Waals surface area contributed by atoms with Gasteiger partial charge in [0.2, 0.25) is 0 Å². The number of nitrogens with one attached hydrogen (secondary N) is 1. The Bertz CT molecular complexity index is 732. The van der Waals surface area contributed by atoms with Crippen LogP contribution >= 0.6 is 0 Å². The molecule has 1 aliphatic heterocycles. The van der Waals surface area contributed by atoms with Gasteiger partial charge in [0.25, 0.3) is 5.56 Å². The number of aromatic nitrogens is 4. The van der Waals surface area contributed by atoms with Gasteiger partial charge in [0.1, 0.15) is 18.1 Å². The number of aromatic amines is 1. The van der Waals surface area contributed by atoms with E-state index in [1.54, 1.807) is 0 Å². The molecule has 1 aliphatic rings. The summed E-state index contributed by atoms with van der Waals surface area (Å²) >= 11 is 0. The van der Waals surface area contributed by atoms with Crippen LogP contribution in [0.2, 0.25) is 0 Å². The summed E-state index contributed by atoms with van der Waals surface area (Å²) in [6.07, 6.45) is -0.323. The molecule has 20 heavy (non-hydrogen) atoms. The Balaban J connectivity index is 2.06. The van der Waals surface area contributed by atoms with E-state index in [0.717, 1.165) is 0 Å². The lowest BCUT2D eigenvalue weighted by Gasteiger charge is -2.16. The first kappa shape index (κ1) is 12.7. The van der Waals surface area contributed by atoms with E-state index in [0.29, 0.717) is 0 Å². The van der Waals surface area contributed by atoms with E-state index in [1.807, 2.05) is 6.07 Å². The van der Waals surface area contributed by atoms with Crippen LogP contribution in [0.4, 0.5) is 0 Å². The van der Waals surface area contributed by atoms with E-state index < -0.39 is 29.9 Å².